The minimum absolute atomic E-state index is 0.0618. The van der Waals surface area contributed by atoms with Gasteiger partial charge in [-0.05, 0) is 43.9 Å². The Labute approximate surface area is 159 Å². The third-order valence-electron chi connectivity index (χ3n) is 5.43. The summed E-state index contributed by atoms with van der Waals surface area (Å²) >= 11 is 0. The van der Waals surface area contributed by atoms with Crippen LogP contribution in [0.2, 0.25) is 0 Å². The van der Waals surface area contributed by atoms with Crippen LogP contribution in [0, 0.1) is 0 Å². The second kappa shape index (κ2) is 7.82. The molecule has 1 aromatic heterocycles. The Bertz CT molecular complexity index is 804. The highest BCUT2D eigenvalue weighted by Gasteiger charge is 2.28. The van der Waals surface area contributed by atoms with E-state index in [0.717, 1.165) is 44.5 Å². The Morgan fingerprint density at radius 1 is 1.26 bits per heavy atom. The Morgan fingerprint density at radius 2 is 2.19 bits per heavy atom. The third-order valence-corrected chi connectivity index (χ3v) is 5.43. The topological polar surface area (TPSA) is 70.5 Å². The number of anilines is 1. The van der Waals surface area contributed by atoms with Crippen molar-refractivity contribution in [3.63, 3.8) is 0 Å². The smallest absolute Gasteiger partial charge is 0.321 e. The summed E-state index contributed by atoms with van der Waals surface area (Å²) in [4.78, 5) is 32.9. The van der Waals surface area contributed by atoms with Crippen LogP contribution in [0.25, 0.3) is 0 Å². The van der Waals surface area contributed by atoms with Gasteiger partial charge in [0, 0.05) is 55.9 Å². The summed E-state index contributed by atoms with van der Waals surface area (Å²) in [5.74, 6) is 0.0618. The molecule has 0 unspecified atom stereocenters. The van der Waals surface area contributed by atoms with Gasteiger partial charge in [0.1, 0.15) is 0 Å². The molecule has 7 nitrogen and oxygen atoms in total. The number of hydrogen-bond acceptors (Lipinski definition) is 3. The van der Waals surface area contributed by atoms with E-state index >= 15 is 0 Å². The average Bonchev–Trinajstić information content (AvgIpc) is 3.38. The third kappa shape index (κ3) is 3.82. The molecule has 1 atom stereocenters. The fourth-order valence-corrected chi connectivity index (χ4v) is 3.98. The molecule has 2 aromatic rings. The van der Waals surface area contributed by atoms with Gasteiger partial charge in [-0.15, -0.1) is 0 Å². The van der Waals surface area contributed by atoms with Crippen molar-refractivity contribution in [2.45, 2.75) is 38.3 Å². The quantitative estimate of drug-likeness (QED) is 0.883. The summed E-state index contributed by atoms with van der Waals surface area (Å²) in [5.41, 5.74) is 1.43. The molecular formula is C20H25N5O2. The summed E-state index contributed by atoms with van der Waals surface area (Å²) in [7, 11) is 0. The molecule has 0 aliphatic carbocycles. The van der Waals surface area contributed by atoms with E-state index in [0.29, 0.717) is 18.7 Å². The zero-order chi connectivity index (χ0) is 18.6. The first kappa shape index (κ1) is 17.6. The molecule has 142 valence electrons. The summed E-state index contributed by atoms with van der Waals surface area (Å²) in [5, 5.41) is 2.80. The molecular weight excluding hydrogens is 342 g/mol. The SMILES string of the molecule is O=C1NCCN1c1cccc(C(=O)N2CCCC[C@@H]2CCn2ccnc2)c1. The largest absolute Gasteiger partial charge is 0.337 e. The zero-order valence-corrected chi connectivity index (χ0v) is 15.4. The lowest BCUT2D eigenvalue weighted by Gasteiger charge is -2.36. The van der Waals surface area contributed by atoms with Gasteiger partial charge in [0.15, 0.2) is 0 Å². The van der Waals surface area contributed by atoms with Gasteiger partial charge in [0.2, 0.25) is 0 Å². The van der Waals surface area contributed by atoms with Crippen LogP contribution in [-0.2, 0) is 6.54 Å². The van der Waals surface area contributed by atoms with Crippen molar-refractivity contribution in [2.75, 3.05) is 24.5 Å². The van der Waals surface area contributed by atoms with Gasteiger partial charge in [-0.2, -0.15) is 0 Å². The van der Waals surface area contributed by atoms with E-state index in [1.54, 1.807) is 11.1 Å². The van der Waals surface area contributed by atoms with E-state index in [9.17, 15) is 9.59 Å². The van der Waals surface area contributed by atoms with Gasteiger partial charge in [-0.1, -0.05) is 6.07 Å². The molecule has 2 aliphatic rings. The van der Waals surface area contributed by atoms with Crippen molar-refractivity contribution in [1.29, 1.82) is 0 Å². The summed E-state index contributed by atoms with van der Waals surface area (Å²) in [6.45, 7) is 2.93. The number of hydrogen-bond donors (Lipinski definition) is 1. The Morgan fingerprint density at radius 3 is 2.96 bits per heavy atom. The van der Waals surface area contributed by atoms with Crippen LogP contribution in [0.5, 0.6) is 0 Å². The van der Waals surface area contributed by atoms with Crippen LogP contribution >= 0.6 is 0 Å². The Kier molecular flexibility index (Phi) is 5.09. The Hall–Kier alpha value is -2.83. The van der Waals surface area contributed by atoms with Crippen LogP contribution in [0.15, 0.2) is 43.0 Å². The van der Waals surface area contributed by atoms with Crippen molar-refractivity contribution < 1.29 is 9.59 Å². The number of rotatable bonds is 5. The number of benzene rings is 1. The summed E-state index contributed by atoms with van der Waals surface area (Å²) < 4.78 is 2.06. The van der Waals surface area contributed by atoms with E-state index in [4.69, 9.17) is 0 Å². The highest BCUT2D eigenvalue weighted by molar-refractivity contribution is 5.98. The first-order chi connectivity index (χ1) is 13.2. The monoisotopic (exact) mass is 367 g/mol. The van der Waals surface area contributed by atoms with E-state index in [1.807, 2.05) is 41.7 Å². The predicted octanol–water partition coefficient (Wildman–Crippen LogP) is 2.50. The van der Waals surface area contributed by atoms with Crippen LogP contribution in [-0.4, -0.2) is 52.1 Å². The van der Waals surface area contributed by atoms with E-state index in [1.165, 1.54) is 0 Å². The normalized spacial score (nSPS) is 20.0. The van der Waals surface area contributed by atoms with Crippen molar-refractivity contribution in [3.8, 4) is 0 Å². The van der Waals surface area contributed by atoms with E-state index in [2.05, 4.69) is 14.9 Å². The fraction of sp³-hybridized carbons (Fsp3) is 0.450. The fourth-order valence-electron chi connectivity index (χ4n) is 3.98. The first-order valence-corrected chi connectivity index (χ1v) is 9.64. The standard InChI is InChI=1S/C20H25N5O2/c26-19(16-4-3-6-18(14-16)25-13-9-22-20(25)27)24-10-2-1-5-17(24)7-11-23-12-8-21-15-23/h3-4,6,8,12,14-15,17H,1-2,5,7,9-11,13H2,(H,22,27)/t17-/m1/s1. The second-order valence-electron chi connectivity index (χ2n) is 7.17. The first-order valence-electron chi connectivity index (χ1n) is 9.64. The number of nitrogens with one attached hydrogen (secondary N) is 1. The molecule has 0 bridgehead atoms. The maximum absolute atomic E-state index is 13.2. The van der Waals surface area contributed by atoms with Gasteiger partial charge in [0.05, 0.1) is 6.33 Å². The van der Waals surface area contributed by atoms with Crippen LogP contribution in [0.4, 0.5) is 10.5 Å². The van der Waals surface area contributed by atoms with Crippen LogP contribution in [0.1, 0.15) is 36.0 Å². The molecule has 27 heavy (non-hydrogen) atoms. The molecule has 1 aromatic carbocycles. The number of carbonyl (C=O) groups excluding carboxylic acids is 2. The summed E-state index contributed by atoms with van der Waals surface area (Å²) in [6.07, 6.45) is 9.72. The molecule has 0 spiro atoms. The maximum Gasteiger partial charge on any atom is 0.321 e. The van der Waals surface area contributed by atoms with Crippen LogP contribution < -0.4 is 10.2 Å². The van der Waals surface area contributed by atoms with Gasteiger partial charge >= 0.3 is 6.03 Å². The maximum atomic E-state index is 13.2. The van der Waals surface area contributed by atoms with E-state index < -0.39 is 0 Å². The number of nitrogens with zero attached hydrogens (tertiary/aromatic N) is 4. The molecule has 0 saturated carbocycles. The Balaban J connectivity index is 1.48. The van der Waals surface area contributed by atoms with Crippen LogP contribution in [0.3, 0.4) is 0 Å². The summed E-state index contributed by atoms with van der Waals surface area (Å²) in [6, 6.07) is 7.58. The van der Waals surface area contributed by atoms with Gasteiger partial charge in [-0.25, -0.2) is 9.78 Å². The lowest BCUT2D eigenvalue weighted by atomic mass is 9.98. The van der Waals surface area contributed by atoms with Gasteiger partial charge < -0.3 is 14.8 Å². The highest BCUT2D eigenvalue weighted by Crippen LogP contribution is 2.25. The van der Waals surface area contributed by atoms with Crippen molar-refractivity contribution in [1.82, 2.24) is 19.8 Å². The molecule has 1 N–H and O–H groups in total. The van der Waals surface area contributed by atoms with Crippen molar-refractivity contribution in [2.24, 2.45) is 0 Å². The minimum Gasteiger partial charge on any atom is -0.337 e. The molecule has 4 rings (SSSR count). The average molecular weight is 367 g/mol. The lowest BCUT2D eigenvalue weighted by Crippen LogP contribution is -2.44. The zero-order valence-electron chi connectivity index (χ0n) is 15.4. The molecule has 3 amide bonds. The van der Waals surface area contributed by atoms with E-state index in [-0.39, 0.29) is 18.0 Å². The predicted molar refractivity (Wildman–Crippen MR) is 103 cm³/mol. The second-order valence-corrected chi connectivity index (χ2v) is 7.17. The molecule has 2 aliphatic heterocycles. The van der Waals surface area contributed by atoms with Crippen molar-refractivity contribution in [3.05, 3.63) is 48.5 Å². The van der Waals surface area contributed by atoms with Gasteiger partial charge in [0.25, 0.3) is 5.91 Å². The lowest BCUT2D eigenvalue weighted by molar-refractivity contribution is 0.0595. The molecule has 3 heterocycles. The molecule has 2 saturated heterocycles. The number of likely N-dealkylation sites (tertiary alicyclic amines) is 1. The number of imidazole rings is 1. The van der Waals surface area contributed by atoms with Gasteiger partial charge in [-0.3, -0.25) is 9.69 Å². The number of urea groups is 1. The molecule has 2 fully saturated rings. The number of aromatic nitrogens is 2. The molecule has 7 heteroatoms. The number of carbonyl (C=O) groups is 2. The molecule has 0 radical (unpaired) electrons. The minimum atomic E-state index is -0.101. The number of piperidine rings is 1. The number of amides is 3. The highest BCUT2D eigenvalue weighted by atomic mass is 16.2. The van der Waals surface area contributed by atoms with Crippen molar-refractivity contribution >= 4 is 17.6 Å². The number of aryl methyl sites for hydroxylation is 1.